The van der Waals surface area contributed by atoms with Crippen LogP contribution in [0.3, 0.4) is 0 Å². The Morgan fingerprint density at radius 3 is 3.10 bits per heavy atom. The number of allylic oxidation sites excluding steroid dienone is 1. The van der Waals surface area contributed by atoms with Crippen molar-refractivity contribution in [1.82, 2.24) is 19.7 Å². The minimum atomic E-state index is -0.505. The van der Waals surface area contributed by atoms with Gasteiger partial charge >= 0.3 is 0 Å². The van der Waals surface area contributed by atoms with E-state index in [0.717, 1.165) is 11.5 Å². The second kappa shape index (κ2) is 7.72. The molecule has 0 unspecified atom stereocenters. The average molecular weight is 430 g/mol. The lowest BCUT2D eigenvalue weighted by Gasteiger charge is -2.02. The molecule has 0 saturated carbocycles. The molecule has 0 aliphatic carbocycles. The van der Waals surface area contributed by atoms with Crippen LogP contribution in [0, 0.1) is 17.5 Å². The van der Waals surface area contributed by atoms with Gasteiger partial charge in [-0.1, -0.05) is 18.2 Å². The minimum absolute atomic E-state index is 0.0636. The van der Waals surface area contributed by atoms with E-state index in [1.165, 1.54) is 17.4 Å². The lowest BCUT2D eigenvalue weighted by atomic mass is 10.1. The number of benzene rings is 1. The number of nitrogens with zero attached hydrogens (tertiary/aromatic N) is 3. The molecule has 0 radical (unpaired) electrons. The molecule has 2 N–H and O–H groups in total. The zero-order chi connectivity index (χ0) is 20.5. The highest BCUT2D eigenvalue weighted by Crippen LogP contribution is 2.28. The first kappa shape index (κ1) is 19.2. The molecule has 3 aromatic heterocycles. The Kier molecular flexibility index (Phi) is 5.12. The quantitative estimate of drug-likeness (QED) is 0.345. The maximum Gasteiger partial charge on any atom is 0.293 e. The number of anilines is 1. The number of para-hydroxylation sites is 1. The summed E-state index contributed by atoms with van der Waals surface area (Å²) in [5, 5.41) is 12.5. The average Bonchev–Trinajstić information content (AvgIpc) is 3.37. The van der Waals surface area contributed by atoms with Crippen molar-refractivity contribution in [3.63, 3.8) is 0 Å². The molecular weight excluding hydrogens is 413 g/mol. The largest absolute Gasteiger partial charge is 0.448 e. The fraction of sp³-hybridized carbons (Fsp3) is 0.158. The van der Waals surface area contributed by atoms with E-state index in [1.54, 1.807) is 25.1 Å². The van der Waals surface area contributed by atoms with E-state index < -0.39 is 11.7 Å². The van der Waals surface area contributed by atoms with Crippen LogP contribution in [0.1, 0.15) is 27.6 Å². The van der Waals surface area contributed by atoms with Crippen molar-refractivity contribution >= 4 is 45.6 Å². The molecule has 1 amide bonds. The maximum absolute atomic E-state index is 13.9. The van der Waals surface area contributed by atoms with Crippen molar-refractivity contribution < 1.29 is 13.6 Å². The molecule has 0 spiro atoms. The van der Waals surface area contributed by atoms with E-state index in [1.807, 2.05) is 9.95 Å². The number of nitrogens with one attached hydrogen (secondary N) is 2. The number of rotatable bonds is 6. The van der Waals surface area contributed by atoms with Crippen molar-refractivity contribution in [3.8, 4) is 0 Å². The number of aromatic nitrogens is 4. The summed E-state index contributed by atoms with van der Waals surface area (Å²) in [7, 11) is 0. The van der Waals surface area contributed by atoms with E-state index in [-0.39, 0.29) is 11.3 Å². The van der Waals surface area contributed by atoms with Gasteiger partial charge in [0, 0.05) is 22.9 Å². The van der Waals surface area contributed by atoms with E-state index in [2.05, 4.69) is 27.1 Å². The van der Waals surface area contributed by atoms with Crippen LogP contribution in [-0.2, 0) is 13.0 Å². The number of carbonyl (C=O) groups is 1. The fourth-order valence-corrected chi connectivity index (χ4v) is 3.92. The van der Waals surface area contributed by atoms with Gasteiger partial charge in [-0.25, -0.2) is 9.37 Å². The molecule has 4 rings (SSSR count). The molecular formula is C19H16FN5O2S2. The van der Waals surface area contributed by atoms with Gasteiger partial charge in [-0.15, -0.1) is 17.9 Å². The Balaban J connectivity index is 1.53. The maximum atomic E-state index is 13.9. The summed E-state index contributed by atoms with van der Waals surface area (Å²) < 4.78 is 21.7. The molecule has 1 aromatic carbocycles. The first-order valence-corrected chi connectivity index (χ1v) is 9.95. The molecule has 0 fully saturated rings. The second-order valence-corrected chi connectivity index (χ2v) is 7.54. The van der Waals surface area contributed by atoms with Crippen LogP contribution in [0.15, 0.2) is 40.7 Å². The summed E-state index contributed by atoms with van der Waals surface area (Å²) in [5.74, 6) is -0.196. The lowest BCUT2D eigenvalue weighted by molar-refractivity contribution is 0.0997. The zero-order valence-electron chi connectivity index (χ0n) is 15.4. The third kappa shape index (κ3) is 3.64. The molecule has 7 nitrogen and oxygen atoms in total. The normalized spacial score (nSPS) is 11.1. The molecule has 0 aliphatic heterocycles. The number of aromatic amines is 1. The molecule has 0 saturated heterocycles. The summed E-state index contributed by atoms with van der Waals surface area (Å²) in [6, 6.07) is 4.59. The molecule has 3 heterocycles. The molecule has 0 bridgehead atoms. The number of hydrogen-bond donors (Lipinski definition) is 2. The standard InChI is InChI=1S/C19H16FN5O2S2/c1-3-7-25-14(23-24-19(25)28)8-11-9-29-18(21-11)22-17(26)15-10(2)12-5-4-6-13(20)16(12)27-15/h3-6,9H,1,7-8H2,2H3,(H,24,28)(H,21,22,26). The van der Waals surface area contributed by atoms with Gasteiger partial charge in [0.1, 0.15) is 5.82 Å². The van der Waals surface area contributed by atoms with Crippen molar-refractivity contribution in [2.45, 2.75) is 19.9 Å². The monoisotopic (exact) mass is 429 g/mol. The van der Waals surface area contributed by atoms with Gasteiger partial charge < -0.3 is 4.42 Å². The van der Waals surface area contributed by atoms with Crippen molar-refractivity contribution in [1.29, 1.82) is 0 Å². The molecule has 10 heteroatoms. The lowest BCUT2D eigenvalue weighted by Crippen LogP contribution is -2.12. The first-order chi connectivity index (χ1) is 14.0. The Morgan fingerprint density at radius 1 is 1.52 bits per heavy atom. The van der Waals surface area contributed by atoms with Gasteiger partial charge in [0.05, 0.1) is 12.1 Å². The number of fused-ring (bicyclic) bond motifs is 1. The number of carbonyl (C=O) groups excluding carboxylic acids is 1. The number of aryl methyl sites for hydroxylation is 1. The highest BCUT2D eigenvalue weighted by Gasteiger charge is 2.20. The van der Waals surface area contributed by atoms with Crippen LogP contribution in [0.4, 0.5) is 9.52 Å². The van der Waals surface area contributed by atoms with Gasteiger partial charge in [0.2, 0.25) is 0 Å². The smallest absolute Gasteiger partial charge is 0.293 e. The number of furan rings is 1. The van der Waals surface area contributed by atoms with Gasteiger partial charge in [0.15, 0.2) is 27.1 Å². The Morgan fingerprint density at radius 2 is 2.34 bits per heavy atom. The van der Waals surface area contributed by atoms with Crippen LogP contribution in [0.2, 0.25) is 0 Å². The van der Waals surface area contributed by atoms with E-state index >= 15 is 0 Å². The number of thiazole rings is 1. The third-order valence-corrected chi connectivity index (χ3v) is 5.50. The highest BCUT2D eigenvalue weighted by atomic mass is 32.1. The summed E-state index contributed by atoms with van der Waals surface area (Å²) in [4.78, 5) is 17.0. The number of amides is 1. The van der Waals surface area contributed by atoms with Gasteiger partial charge in [0.25, 0.3) is 5.91 Å². The predicted octanol–water partition coefficient (Wildman–Crippen LogP) is 4.62. The van der Waals surface area contributed by atoms with Gasteiger partial charge in [-0.3, -0.25) is 19.8 Å². The predicted molar refractivity (Wildman–Crippen MR) is 111 cm³/mol. The number of H-pyrrole nitrogens is 1. The zero-order valence-corrected chi connectivity index (χ0v) is 17.0. The topological polar surface area (TPSA) is 88.7 Å². The van der Waals surface area contributed by atoms with Crippen LogP contribution < -0.4 is 5.32 Å². The Hall–Kier alpha value is -3.11. The molecule has 29 heavy (non-hydrogen) atoms. The minimum Gasteiger partial charge on any atom is -0.448 e. The summed E-state index contributed by atoms with van der Waals surface area (Å²) in [6.45, 7) is 5.98. The van der Waals surface area contributed by atoms with E-state index in [4.69, 9.17) is 16.6 Å². The second-order valence-electron chi connectivity index (χ2n) is 6.29. The van der Waals surface area contributed by atoms with Crippen LogP contribution in [0.25, 0.3) is 11.0 Å². The summed E-state index contributed by atoms with van der Waals surface area (Å²) >= 11 is 6.49. The highest BCUT2D eigenvalue weighted by molar-refractivity contribution is 7.71. The molecule has 148 valence electrons. The Labute approximate surface area is 173 Å². The van der Waals surface area contributed by atoms with E-state index in [0.29, 0.717) is 33.8 Å². The van der Waals surface area contributed by atoms with Crippen LogP contribution in [-0.4, -0.2) is 25.7 Å². The van der Waals surface area contributed by atoms with Crippen LogP contribution in [0.5, 0.6) is 0 Å². The molecule has 0 aliphatic rings. The number of halogens is 1. The summed E-state index contributed by atoms with van der Waals surface area (Å²) in [6.07, 6.45) is 2.18. The third-order valence-electron chi connectivity index (χ3n) is 4.38. The van der Waals surface area contributed by atoms with Gasteiger partial charge in [-0.05, 0) is 25.2 Å². The van der Waals surface area contributed by atoms with Crippen LogP contribution >= 0.6 is 23.6 Å². The van der Waals surface area contributed by atoms with Gasteiger partial charge in [-0.2, -0.15) is 5.10 Å². The molecule has 4 aromatic rings. The Bertz CT molecular complexity index is 1280. The SMILES string of the molecule is C=CCn1c(Cc2csc(NC(=O)c3oc4c(F)cccc4c3C)n2)n[nH]c1=S. The first-order valence-electron chi connectivity index (χ1n) is 8.66. The number of hydrogen-bond acceptors (Lipinski definition) is 6. The van der Waals surface area contributed by atoms with Crippen molar-refractivity contribution in [3.05, 3.63) is 69.7 Å². The fourth-order valence-electron chi connectivity index (χ4n) is 2.99. The van der Waals surface area contributed by atoms with Crippen molar-refractivity contribution in [2.24, 2.45) is 0 Å². The van der Waals surface area contributed by atoms with Crippen molar-refractivity contribution in [2.75, 3.05) is 5.32 Å². The summed E-state index contributed by atoms with van der Waals surface area (Å²) in [5.41, 5.74) is 1.38. The van der Waals surface area contributed by atoms with E-state index in [9.17, 15) is 9.18 Å². The molecule has 0 atom stereocenters.